The second kappa shape index (κ2) is 5.28. The van der Waals surface area contributed by atoms with Crippen molar-refractivity contribution in [3.8, 4) is 0 Å². The Bertz CT molecular complexity index is 194. The van der Waals surface area contributed by atoms with Gasteiger partial charge >= 0.3 is 0 Å². The lowest BCUT2D eigenvalue weighted by atomic mass is 10.0. The van der Waals surface area contributed by atoms with Gasteiger partial charge in [0.15, 0.2) is 0 Å². The molecule has 1 N–H and O–H groups in total. The van der Waals surface area contributed by atoms with Crippen LogP contribution < -0.4 is 5.32 Å². The van der Waals surface area contributed by atoms with Gasteiger partial charge in [-0.25, -0.2) is 0 Å². The highest BCUT2D eigenvalue weighted by molar-refractivity contribution is 4.94. The first-order valence-electron chi connectivity index (χ1n) is 6.21. The summed E-state index contributed by atoms with van der Waals surface area (Å²) in [7, 11) is 1.77. The van der Waals surface area contributed by atoms with Crippen LogP contribution in [0, 0.1) is 5.92 Å². The maximum Gasteiger partial charge on any atom is 0.0757 e. The highest BCUT2D eigenvalue weighted by atomic mass is 16.5. The minimum absolute atomic E-state index is 0.482. The van der Waals surface area contributed by atoms with Gasteiger partial charge in [-0.15, -0.1) is 0 Å². The fraction of sp³-hybridized carbons (Fsp3) is 1.00. The van der Waals surface area contributed by atoms with E-state index in [1.165, 1.54) is 19.3 Å². The van der Waals surface area contributed by atoms with Gasteiger partial charge in [-0.2, -0.15) is 0 Å². The molecule has 0 aromatic carbocycles. The Labute approximate surface area is 92.5 Å². The second-order valence-electron chi connectivity index (χ2n) is 4.80. The monoisotopic (exact) mass is 213 g/mol. The first kappa shape index (κ1) is 11.4. The van der Waals surface area contributed by atoms with E-state index in [0.717, 1.165) is 25.6 Å². The van der Waals surface area contributed by atoms with Gasteiger partial charge in [-0.05, 0) is 31.6 Å². The van der Waals surface area contributed by atoms with Gasteiger partial charge in [0.05, 0.1) is 12.7 Å². The van der Waals surface area contributed by atoms with Crippen LogP contribution in [0.5, 0.6) is 0 Å². The number of hydrogen-bond donors (Lipinski definition) is 1. The van der Waals surface area contributed by atoms with Crippen molar-refractivity contribution >= 4 is 0 Å². The fourth-order valence-corrected chi connectivity index (χ4v) is 2.47. The third-order valence-electron chi connectivity index (χ3n) is 3.53. The van der Waals surface area contributed by atoms with Crippen LogP contribution in [0.3, 0.4) is 0 Å². The zero-order valence-corrected chi connectivity index (χ0v) is 9.87. The molecular weight excluding hydrogens is 190 g/mol. The topological polar surface area (TPSA) is 30.5 Å². The first-order valence-corrected chi connectivity index (χ1v) is 6.21. The van der Waals surface area contributed by atoms with Crippen LogP contribution in [-0.2, 0) is 9.47 Å². The van der Waals surface area contributed by atoms with Crippen molar-refractivity contribution in [3.05, 3.63) is 0 Å². The zero-order chi connectivity index (χ0) is 10.7. The van der Waals surface area contributed by atoms with Crippen LogP contribution in [-0.4, -0.2) is 38.5 Å². The second-order valence-corrected chi connectivity index (χ2v) is 4.80. The summed E-state index contributed by atoms with van der Waals surface area (Å²) >= 11 is 0. The lowest BCUT2D eigenvalue weighted by Gasteiger charge is -2.25. The van der Waals surface area contributed by atoms with Gasteiger partial charge in [-0.1, -0.05) is 6.92 Å². The molecule has 2 rings (SSSR count). The van der Waals surface area contributed by atoms with Crippen molar-refractivity contribution in [3.63, 3.8) is 0 Å². The third kappa shape index (κ3) is 2.92. The van der Waals surface area contributed by atoms with Crippen LogP contribution in [0.25, 0.3) is 0 Å². The van der Waals surface area contributed by atoms with Crippen LogP contribution in [0.1, 0.15) is 32.6 Å². The Morgan fingerprint density at radius 1 is 1.40 bits per heavy atom. The smallest absolute Gasteiger partial charge is 0.0757 e. The molecule has 0 amide bonds. The van der Waals surface area contributed by atoms with E-state index in [4.69, 9.17) is 9.47 Å². The quantitative estimate of drug-likeness (QED) is 0.726. The molecule has 3 atom stereocenters. The molecule has 2 fully saturated rings. The maximum atomic E-state index is 5.81. The van der Waals surface area contributed by atoms with Gasteiger partial charge in [0.25, 0.3) is 0 Å². The lowest BCUT2D eigenvalue weighted by molar-refractivity contribution is 0.0738. The van der Waals surface area contributed by atoms with E-state index in [1.807, 2.05) is 0 Å². The SMILES string of the molecule is CCC(COC)NC1CCOC1C1CC1. The van der Waals surface area contributed by atoms with Gasteiger partial charge in [0.2, 0.25) is 0 Å². The highest BCUT2D eigenvalue weighted by Crippen LogP contribution is 2.38. The Balaban J connectivity index is 1.80. The predicted molar refractivity (Wildman–Crippen MR) is 60.0 cm³/mol. The van der Waals surface area contributed by atoms with Crippen molar-refractivity contribution < 1.29 is 9.47 Å². The Morgan fingerprint density at radius 2 is 2.20 bits per heavy atom. The summed E-state index contributed by atoms with van der Waals surface area (Å²) in [6.07, 6.45) is 5.51. The zero-order valence-electron chi connectivity index (χ0n) is 9.87. The van der Waals surface area contributed by atoms with Crippen molar-refractivity contribution in [2.24, 2.45) is 5.92 Å². The number of hydrogen-bond acceptors (Lipinski definition) is 3. The van der Waals surface area contributed by atoms with Crippen LogP contribution >= 0.6 is 0 Å². The summed E-state index contributed by atoms with van der Waals surface area (Å²) < 4.78 is 11.0. The van der Waals surface area contributed by atoms with Gasteiger partial charge in [0.1, 0.15) is 0 Å². The standard InChI is InChI=1S/C12H23NO2/c1-3-10(8-14-2)13-11-6-7-15-12(11)9-4-5-9/h9-13H,3-8H2,1-2H3. The molecule has 0 aromatic heterocycles. The third-order valence-corrected chi connectivity index (χ3v) is 3.53. The van der Waals surface area contributed by atoms with E-state index in [9.17, 15) is 0 Å². The molecule has 1 aliphatic heterocycles. The fourth-order valence-electron chi connectivity index (χ4n) is 2.47. The largest absolute Gasteiger partial charge is 0.383 e. The van der Waals surface area contributed by atoms with Gasteiger partial charge < -0.3 is 14.8 Å². The Morgan fingerprint density at radius 3 is 2.80 bits per heavy atom. The minimum atomic E-state index is 0.482. The summed E-state index contributed by atoms with van der Waals surface area (Å²) in [6, 6.07) is 1.06. The van der Waals surface area contributed by atoms with E-state index in [0.29, 0.717) is 18.2 Å². The number of rotatable bonds is 6. The molecular formula is C12H23NO2. The molecule has 1 saturated carbocycles. The molecule has 1 saturated heterocycles. The predicted octanol–water partition coefficient (Wildman–Crippen LogP) is 1.57. The summed E-state index contributed by atoms with van der Waals surface area (Å²) in [5.41, 5.74) is 0. The van der Waals surface area contributed by atoms with E-state index < -0.39 is 0 Å². The van der Waals surface area contributed by atoms with Crippen molar-refractivity contribution in [2.75, 3.05) is 20.3 Å². The summed E-state index contributed by atoms with van der Waals surface area (Å²) in [4.78, 5) is 0. The van der Waals surface area contributed by atoms with Crippen LogP contribution in [0.15, 0.2) is 0 Å². The van der Waals surface area contributed by atoms with Gasteiger partial charge in [0, 0.05) is 25.8 Å². The molecule has 0 spiro atoms. The average molecular weight is 213 g/mol. The number of nitrogens with one attached hydrogen (secondary N) is 1. The molecule has 0 aromatic rings. The molecule has 0 radical (unpaired) electrons. The number of methoxy groups -OCH3 is 1. The van der Waals surface area contributed by atoms with Crippen LogP contribution in [0.4, 0.5) is 0 Å². The first-order chi connectivity index (χ1) is 7.35. The molecule has 1 heterocycles. The molecule has 3 heteroatoms. The molecule has 3 unspecified atom stereocenters. The Hall–Kier alpha value is -0.120. The summed E-state index contributed by atoms with van der Waals surface area (Å²) in [5, 5.41) is 3.69. The summed E-state index contributed by atoms with van der Waals surface area (Å²) in [6.45, 7) is 3.95. The minimum Gasteiger partial charge on any atom is -0.383 e. The van der Waals surface area contributed by atoms with E-state index >= 15 is 0 Å². The molecule has 3 nitrogen and oxygen atoms in total. The highest BCUT2D eigenvalue weighted by Gasteiger charge is 2.40. The molecule has 2 aliphatic rings. The Kier molecular flexibility index (Phi) is 4.00. The summed E-state index contributed by atoms with van der Waals surface area (Å²) in [5.74, 6) is 0.838. The lowest BCUT2D eigenvalue weighted by Crippen LogP contribution is -2.45. The molecule has 15 heavy (non-hydrogen) atoms. The van der Waals surface area contributed by atoms with E-state index in [-0.39, 0.29) is 0 Å². The van der Waals surface area contributed by atoms with E-state index in [1.54, 1.807) is 7.11 Å². The maximum absolute atomic E-state index is 5.81. The normalized spacial score (nSPS) is 33.2. The number of ether oxygens (including phenoxy) is 2. The van der Waals surface area contributed by atoms with Crippen molar-refractivity contribution in [1.29, 1.82) is 0 Å². The average Bonchev–Trinajstić information content (AvgIpc) is 2.99. The van der Waals surface area contributed by atoms with Crippen LogP contribution in [0.2, 0.25) is 0 Å². The molecule has 0 bridgehead atoms. The molecule has 1 aliphatic carbocycles. The van der Waals surface area contributed by atoms with Gasteiger partial charge in [-0.3, -0.25) is 0 Å². The van der Waals surface area contributed by atoms with Crippen molar-refractivity contribution in [1.82, 2.24) is 5.32 Å². The van der Waals surface area contributed by atoms with Crippen molar-refractivity contribution in [2.45, 2.75) is 50.8 Å². The van der Waals surface area contributed by atoms with E-state index in [2.05, 4.69) is 12.2 Å². The molecule has 88 valence electrons.